The molecular weight excluding hydrogens is 302 g/mol. The quantitative estimate of drug-likeness (QED) is 0.670. The summed E-state index contributed by atoms with van der Waals surface area (Å²) in [6.07, 6.45) is -0.694. The Kier molecular flexibility index (Phi) is 6.84. The highest BCUT2D eigenvalue weighted by atomic mass is 35.5. The summed E-state index contributed by atoms with van der Waals surface area (Å²) >= 11 is 0. The number of amides is 1. The van der Waals surface area contributed by atoms with Crippen molar-refractivity contribution in [3.05, 3.63) is 23.8 Å². The van der Waals surface area contributed by atoms with Crippen LogP contribution in [-0.2, 0) is 16.0 Å². The van der Waals surface area contributed by atoms with Crippen molar-refractivity contribution in [3.63, 3.8) is 0 Å². The van der Waals surface area contributed by atoms with Gasteiger partial charge in [-0.3, -0.25) is 4.79 Å². The fourth-order valence-corrected chi connectivity index (χ4v) is 2.38. The van der Waals surface area contributed by atoms with Crippen LogP contribution in [0.15, 0.2) is 18.2 Å². The normalized spacial score (nSPS) is 13.8. The second-order valence-electron chi connectivity index (χ2n) is 4.71. The number of anilines is 2. The van der Waals surface area contributed by atoms with E-state index in [1.54, 1.807) is 4.90 Å². The number of nitrogen functional groups attached to an aromatic ring is 1. The van der Waals surface area contributed by atoms with Crippen LogP contribution in [0.4, 0.5) is 20.2 Å². The van der Waals surface area contributed by atoms with Gasteiger partial charge in [0.25, 0.3) is 6.43 Å². The van der Waals surface area contributed by atoms with E-state index in [9.17, 15) is 13.6 Å². The highest BCUT2D eigenvalue weighted by molar-refractivity contribution is 5.95. The predicted octanol–water partition coefficient (Wildman–Crippen LogP) is 2.64. The summed E-state index contributed by atoms with van der Waals surface area (Å²) in [7, 11) is 0. The molecule has 2 rings (SSSR count). The molecule has 0 saturated carbocycles. The number of carbonyl (C=O) groups excluding carboxylic acids is 1. The van der Waals surface area contributed by atoms with E-state index in [0.717, 1.165) is 24.1 Å². The molecule has 1 aromatic carbocycles. The summed E-state index contributed by atoms with van der Waals surface area (Å²) in [5.41, 5.74) is 8.42. The van der Waals surface area contributed by atoms with Gasteiger partial charge in [0, 0.05) is 17.9 Å². The van der Waals surface area contributed by atoms with Crippen LogP contribution in [0.3, 0.4) is 0 Å². The largest absolute Gasteiger partial charge is 0.398 e. The molecule has 1 heterocycles. The van der Waals surface area contributed by atoms with E-state index in [-0.39, 0.29) is 31.3 Å². The lowest BCUT2D eigenvalue weighted by atomic mass is 9.99. The maximum Gasteiger partial charge on any atom is 0.261 e. The molecule has 2 N–H and O–H groups in total. The van der Waals surface area contributed by atoms with Gasteiger partial charge in [-0.2, -0.15) is 0 Å². The molecule has 7 heteroatoms. The lowest BCUT2D eigenvalue weighted by molar-refractivity contribution is -0.120. The minimum absolute atomic E-state index is 0. The summed E-state index contributed by atoms with van der Waals surface area (Å²) in [4.78, 5) is 13.8. The lowest BCUT2D eigenvalue weighted by Crippen LogP contribution is -2.36. The Hall–Kier alpha value is -1.40. The second kappa shape index (κ2) is 8.14. The number of nitrogens with two attached hydrogens (primary N) is 1. The first-order chi connectivity index (χ1) is 9.59. The first kappa shape index (κ1) is 17.7. The fraction of sp³-hybridized carbons (Fsp3) is 0.500. The highest BCUT2D eigenvalue weighted by Gasteiger charge is 2.23. The van der Waals surface area contributed by atoms with Crippen LogP contribution in [-0.4, -0.2) is 32.1 Å². The summed E-state index contributed by atoms with van der Waals surface area (Å²) in [6, 6.07) is 5.49. The number of halogens is 3. The molecule has 0 fully saturated rings. The maximum atomic E-state index is 12.1. The first-order valence-corrected chi connectivity index (χ1v) is 6.63. The Balaban J connectivity index is 0.00000220. The highest BCUT2D eigenvalue weighted by Crippen LogP contribution is 2.31. The van der Waals surface area contributed by atoms with Gasteiger partial charge in [0.15, 0.2) is 0 Å². The molecule has 0 atom stereocenters. The fourth-order valence-electron chi connectivity index (χ4n) is 2.38. The number of nitrogens with zero attached hydrogens (tertiary/aromatic N) is 1. The molecule has 0 spiro atoms. The predicted molar refractivity (Wildman–Crippen MR) is 80.2 cm³/mol. The first-order valence-electron chi connectivity index (χ1n) is 6.63. The monoisotopic (exact) mass is 320 g/mol. The van der Waals surface area contributed by atoms with E-state index in [1.807, 2.05) is 18.2 Å². The Morgan fingerprint density at radius 3 is 2.90 bits per heavy atom. The third-order valence-electron chi connectivity index (χ3n) is 3.29. The number of alkyl halides is 2. The number of hydrogen-bond donors (Lipinski definition) is 1. The summed E-state index contributed by atoms with van der Waals surface area (Å²) in [6.45, 7) is 0.0122. The number of carbonyl (C=O) groups is 1. The number of ether oxygens (including phenoxy) is 1. The topological polar surface area (TPSA) is 55.6 Å². The molecule has 0 aromatic heterocycles. The summed E-state index contributed by atoms with van der Waals surface area (Å²) in [5.74, 6) is -0.120. The van der Waals surface area contributed by atoms with E-state index < -0.39 is 13.0 Å². The molecule has 0 saturated heterocycles. The molecule has 1 aromatic rings. The van der Waals surface area contributed by atoms with E-state index in [2.05, 4.69) is 0 Å². The van der Waals surface area contributed by atoms with Crippen LogP contribution in [0.5, 0.6) is 0 Å². The van der Waals surface area contributed by atoms with Gasteiger partial charge in [0.05, 0.1) is 13.0 Å². The van der Waals surface area contributed by atoms with Crippen molar-refractivity contribution < 1.29 is 18.3 Å². The SMILES string of the molecule is Cl.Nc1cccc2c1CCCN2C(=O)CCOCC(F)F. The molecule has 1 aliphatic heterocycles. The van der Waals surface area contributed by atoms with Gasteiger partial charge in [-0.15, -0.1) is 12.4 Å². The van der Waals surface area contributed by atoms with E-state index in [1.165, 1.54) is 0 Å². The van der Waals surface area contributed by atoms with Gasteiger partial charge < -0.3 is 15.4 Å². The number of fused-ring (bicyclic) bond motifs is 1. The maximum absolute atomic E-state index is 12.1. The van der Waals surface area contributed by atoms with Crippen molar-refractivity contribution >= 4 is 29.7 Å². The van der Waals surface area contributed by atoms with E-state index >= 15 is 0 Å². The summed E-state index contributed by atoms with van der Waals surface area (Å²) < 4.78 is 28.6. The van der Waals surface area contributed by atoms with Crippen LogP contribution in [0.1, 0.15) is 18.4 Å². The van der Waals surface area contributed by atoms with Gasteiger partial charge >= 0.3 is 0 Å². The van der Waals surface area contributed by atoms with E-state index in [4.69, 9.17) is 10.5 Å². The average molecular weight is 321 g/mol. The molecule has 0 radical (unpaired) electrons. The number of rotatable bonds is 5. The van der Waals surface area contributed by atoms with Gasteiger partial charge in [0.1, 0.15) is 6.61 Å². The number of benzene rings is 1. The molecule has 0 aliphatic carbocycles. The molecular formula is C14H19ClF2N2O2. The van der Waals surface area contributed by atoms with E-state index in [0.29, 0.717) is 12.2 Å². The lowest BCUT2D eigenvalue weighted by Gasteiger charge is -2.30. The summed E-state index contributed by atoms with van der Waals surface area (Å²) in [5, 5.41) is 0. The standard InChI is InChI=1S/C14H18F2N2O2.ClH/c15-13(16)9-20-8-6-14(19)18-7-2-3-10-11(17)4-1-5-12(10)18;/h1,4-5,13H,2-3,6-9,17H2;1H. The third kappa shape index (κ3) is 4.54. The minimum Gasteiger partial charge on any atom is -0.398 e. The smallest absolute Gasteiger partial charge is 0.261 e. The van der Waals surface area contributed by atoms with Gasteiger partial charge in [-0.1, -0.05) is 6.07 Å². The Morgan fingerprint density at radius 1 is 1.43 bits per heavy atom. The van der Waals surface area contributed by atoms with Crippen LogP contribution < -0.4 is 10.6 Å². The van der Waals surface area contributed by atoms with Crippen molar-refractivity contribution in [1.82, 2.24) is 0 Å². The molecule has 4 nitrogen and oxygen atoms in total. The van der Waals surface area contributed by atoms with Crippen molar-refractivity contribution in [2.75, 3.05) is 30.4 Å². The second-order valence-corrected chi connectivity index (χ2v) is 4.71. The molecule has 1 aliphatic rings. The Morgan fingerprint density at radius 2 is 2.19 bits per heavy atom. The van der Waals surface area contributed by atoms with Crippen LogP contribution in [0.2, 0.25) is 0 Å². The minimum atomic E-state index is -2.50. The van der Waals surface area contributed by atoms with Crippen LogP contribution in [0.25, 0.3) is 0 Å². The van der Waals surface area contributed by atoms with Crippen molar-refractivity contribution in [2.24, 2.45) is 0 Å². The molecule has 0 unspecified atom stereocenters. The molecule has 21 heavy (non-hydrogen) atoms. The molecule has 0 bridgehead atoms. The average Bonchev–Trinajstić information content (AvgIpc) is 2.43. The van der Waals surface area contributed by atoms with Gasteiger partial charge in [-0.05, 0) is 30.5 Å². The van der Waals surface area contributed by atoms with Crippen molar-refractivity contribution in [2.45, 2.75) is 25.7 Å². The Bertz CT molecular complexity index is 486. The zero-order valence-corrected chi connectivity index (χ0v) is 12.4. The Labute approximate surface area is 128 Å². The van der Waals surface area contributed by atoms with Gasteiger partial charge in [-0.25, -0.2) is 8.78 Å². The molecule has 118 valence electrons. The van der Waals surface area contributed by atoms with Crippen molar-refractivity contribution in [3.8, 4) is 0 Å². The number of hydrogen-bond acceptors (Lipinski definition) is 3. The van der Waals surface area contributed by atoms with Crippen LogP contribution >= 0.6 is 12.4 Å². The zero-order chi connectivity index (χ0) is 14.5. The van der Waals surface area contributed by atoms with Crippen LogP contribution in [0, 0.1) is 0 Å². The van der Waals surface area contributed by atoms with Crippen molar-refractivity contribution in [1.29, 1.82) is 0 Å². The van der Waals surface area contributed by atoms with Gasteiger partial charge in [0.2, 0.25) is 5.91 Å². The zero-order valence-electron chi connectivity index (χ0n) is 11.6. The third-order valence-corrected chi connectivity index (χ3v) is 3.29. The molecule has 1 amide bonds.